The molecule has 1 aromatic carbocycles. The molecule has 1 heterocycles. The van der Waals surface area contributed by atoms with Gasteiger partial charge in [0.05, 0.1) is 24.9 Å². The van der Waals surface area contributed by atoms with E-state index in [0.717, 1.165) is 17.7 Å². The first-order valence-electron chi connectivity index (χ1n) is 7.95. The van der Waals surface area contributed by atoms with Crippen molar-refractivity contribution in [3.8, 4) is 0 Å². The number of hydrogen-bond acceptors (Lipinski definition) is 4. The number of hydrogen-bond donors (Lipinski definition) is 2. The van der Waals surface area contributed by atoms with Gasteiger partial charge in [-0.3, -0.25) is 0 Å². The molecule has 0 fully saturated rings. The molecule has 0 unspecified atom stereocenters. The SMILES string of the molecule is CC[C@@H](COC)NC(=O)NC[C@@H]1CC(c2ccc(C)cc2)=NO1. The van der Waals surface area contributed by atoms with Gasteiger partial charge < -0.3 is 20.2 Å². The zero-order chi connectivity index (χ0) is 16.7. The second-order valence-corrected chi connectivity index (χ2v) is 5.75. The number of carbonyl (C=O) groups excluding carboxylic acids is 1. The smallest absolute Gasteiger partial charge is 0.315 e. The van der Waals surface area contributed by atoms with Crippen molar-refractivity contribution in [3.05, 3.63) is 35.4 Å². The van der Waals surface area contributed by atoms with Crippen molar-refractivity contribution < 1.29 is 14.4 Å². The zero-order valence-electron chi connectivity index (χ0n) is 14.0. The van der Waals surface area contributed by atoms with Gasteiger partial charge in [0.15, 0.2) is 6.10 Å². The molecule has 0 saturated heterocycles. The van der Waals surface area contributed by atoms with E-state index in [-0.39, 0.29) is 18.2 Å². The molecule has 0 saturated carbocycles. The molecule has 1 aliphatic rings. The molecule has 2 amide bonds. The molecule has 6 heteroatoms. The molecule has 0 bridgehead atoms. The van der Waals surface area contributed by atoms with Crippen molar-refractivity contribution in [2.24, 2.45) is 5.16 Å². The second kappa shape index (κ2) is 8.53. The Balaban J connectivity index is 1.74. The fourth-order valence-corrected chi connectivity index (χ4v) is 2.36. The molecule has 0 radical (unpaired) electrons. The van der Waals surface area contributed by atoms with Crippen LogP contribution in [0.15, 0.2) is 29.4 Å². The Labute approximate surface area is 137 Å². The fourth-order valence-electron chi connectivity index (χ4n) is 2.36. The summed E-state index contributed by atoms with van der Waals surface area (Å²) in [4.78, 5) is 17.3. The summed E-state index contributed by atoms with van der Waals surface area (Å²) in [6, 6.07) is 7.99. The predicted octanol–water partition coefficient (Wildman–Crippen LogP) is 2.21. The maximum absolute atomic E-state index is 11.9. The van der Waals surface area contributed by atoms with Crippen molar-refractivity contribution in [2.75, 3.05) is 20.3 Å². The van der Waals surface area contributed by atoms with Gasteiger partial charge in [0.25, 0.3) is 0 Å². The molecule has 6 nitrogen and oxygen atoms in total. The van der Waals surface area contributed by atoms with E-state index in [0.29, 0.717) is 19.6 Å². The summed E-state index contributed by atoms with van der Waals surface area (Å²) < 4.78 is 5.06. The van der Waals surface area contributed by atoms with Crippen molar-refractivity contribution in [2.45, 2.75) is 38.8 Å². The van der Waals surface area contributed by atoms with Gasteiger partial charge in [-0.05, 0) is 18.9 Å². The summed E-state index contributed by atoms with van der Waals surface area (Å²) in [5.74, 6) is 0. The van der Waals surface area contributed by atoms with Crippen LogP contribution in [-0.4, -0.2) is 44.2 Å². The molecule has 2 N–H and O–H groups in total. The lowest BCUT2D eigenvalue weighted by atomic mass is 10.0. The van der Waals surface area contributed by atoms with E-state index in [1.165, 1.54) is 5.56 Å². The first-order chi connectivity index (χ1) is 11.1. The first-order valence-corrected chi connectivity index (χ1v) is 7.95. The Hall–Kier alpha value is -2.08. The summed E-state index contributed by atoms with van der Waals surface area (Å²) in [5, 5.41) is 9.82. The van der Waals surface area contributed by atoms with Gasteiger partial charge in [0.2, 0.25) is 0 Å². The van der Waals surface area contributed by atoms with Crippen molar-refractivity contribution in [1.82, 2.24) is 10.6 Å². The van der Waals surface area contributed by atoms with E-state index in [1.54, 1.807) is 7.11 Å². The number of methoxy groups -OCH3 is 1. The standard InChI is InChI=1S/C17H25N3O3/c1-4-14(11-22-3)19-17(21)18-10-15-9-16(20-23-15)13-7-5-12(2)6-8-13/h5-8,14-15H,4,9-11H2,1-3H3,(H2,18,19,21)/t14-,15-/m0/s1. The summed E-state index contributed by atoms with van der Waals surface area (Å²) in [5.41, 5.74) is 3.20. The van der Waals surface area contributed by atoms with Crippen LogP contribution in [0.5, 0.6) is 0 Å². The topological polar surface area (TPSA) is 72.0 Å². The van der Waals surface area contributed by atoms with E-state index in [4.69, 9.17) is 9.57 Å². The van der Waals surface area contributed by atoms with Crippen LogP contribution >= 0.6 is 0 Å². The van der Waals surface area contributed by atoms with Crippen molar-refractivity contribution in [1.29, 1.82) is 0 Å². The summed E-state index contributed by atoms with van der Waals surface area (Å²) in [6.07, 6.45) is 1.39. The van der Waals surface area contributed by atoms with Gasteiger partial charge in [-0.15, -0.1) is 0 Å². The Morgan fingerprint density at radius 3 is 2.83 bits per heavy atom. The second-order valence-electron chi connectivity index (χ2n) is 5.75. The molecule has 0 aromatic heterocycles. The quantitative estimate of drug-likeness (QED) is 0.809. The number of urea groups is 1. The molecule has 1 aromatic rings. The third-order valence-electron chi connectivity index (χ3n) is 3.80. The maximum atomic E-state index is 11.9. The number of carbonyl (C=O) groups is 1. The average Bonchev–Trinajstić information content (AvgIpc) is 3.02. The third-order valence-corrected chi connectivity index (χ3v) is 3.80. The van der Waals surface area contributed by atoms with Gasteiger partial charge in [-0.1, -0.05) is 41.9 Å². The minimum Gasteiger partial charge on any atom is -0.390 e. The number of oxime groups is 1. The third kappa shape index (κ3) is 5.25. The van der Waals surface area contributed by atoms with Gasteiger partial charge in [0, 0.05) is 13.5 Å². The maximum Gasteiger partial charge on any atom is 0.315 e. The number of aryl methyl sites for hydroxylation is 1. The number of rotatable bonds is 7. The predicted molar refractivity (Wildman–Crippen MR) is 89.7 cm³/mol. The largest absolute Gasteiger partial charge is 0.390 e. The Bertz CT molecular complexity index is 543. The molecule has 0 aliphatic carbocycles. The van der Waals surface area contributed by atoms with E-state index < -0.39 is 0 Å². The minimum atomic E-state index is -0.207. The fraction of sp³-hybridized carbons (Fsp3) is 0.529. The minimum absolute atomic E-state index is 0.0175. The molecule has 0 spiro atoms. The molecule has 2 atom stereocenters. The van der Waals surface area contributed by atoms with Crippen LogP contribution < -0.4 is 10.6 Å². The number of nitrogens with one attached hydrogen (secondary N) is 2. The lowest BCUT2D eigenvalue weighted by molar-refractivity contribution is 0.0861. The Morgan fingerprint density at radius 2 is 2.17 bits per heavy atom. The van der Waals surface area contributed by atoms with Crippen LogP contribution in [0.25, 0.3) is 0 Å². The highest BCUT2D eigenvalue weighted by Crippen LogP contribution is 2.16. The molecular weight excluding hydrogens is 294 g/mol. The van der Waals surface area contributed by atoms with Gasteiger partial charge >= 0.3 is 6.03 Å². The summed E-state index contributed by atoms with van der Waals surface area (Å²) >= 11 is 0. The summed E-state index contributed by atoms with van der Waals surface area (Å²) in [6.45, 7) is 4.99. The monoisotopic (exact) mass is 319 g/mol. The van der Waals surface area contributed by atoms with Crippen LogP contribution in [0.2, 0.25) is 0 Å². The van der Waals surface area contributed by atoms with Crippen molar-refractivity contribution >= 4 is 11.7 Å². The Kier molecular flexibility index (Phi) is 6.40. The van der Waals surface area contributed by atoms with Crippen LogP contribution in [-0.2, 0) is 9.57 Å². The number of nitrogens with zero attached hydrogens (tertiary/aromatic N) is 1. The zero-order valence-corrected chi connectivity index (χ0v) is 14.0. The molecule has 23 heavy (non-hydrogen) atoms. The Morgan fingerprint density at radius 1 is 1.43 bits per heavy atom. The lowest BCUT2D eigenvalue weighted by Gasteiger charge is -2.17. The van der Waals surface area contributed by atoms with Crippen LogP contribution in [0, 0.1) is 6.92 Å². The number of benzene rings is 1. The van der Waals surface area contributed by atoms with E-state index in [1.807, 2.05) is 19.1 Å². The van der Waals surface area contributed by atoms with E-state index in [2.05, 4.69) is 34.8 Å². The molecular formula is C17H25N3O3. The number of amides is 2. The van der Waals surface area contributed by atoms with Crippen LogP contribution in [0.1, 0.15) is 30.9 Å². The number of ether oxygens (including phenoxy) is 1. The highest BCUT2D eigenvalue weighted by Gasteiger charge is 2.23. The highest BCUT2D eigenvalue weighted by molar-refractivity contribution is 6.01. The van der Waals surface area contributed by atoms with E-state index >= 15 is 0 Å². The molecule has 2 rings (SSSR count). The van der Waals surface area contributed by atoms with Gasteiger partial charge in [-0.25, -0.2) is 4.79 Å². The average molecular weight is 319 g/mol. The molecule has 1 aliphatic heterocycles. The normalized spacial score (nSPS) is 18.0. The van der Waals surface area contributed by atoms with Crippen LogP contribution in [0.4, 0.5) is 4.79 Å². The van der Waals surface area contributed by atoms with E-state index in [9.17, 15) is 4.79 Å². The van der Waals surface area contributed by atoms with Crippen molar-refractivity contribution in [3.63, 3.8) is 0 Å². The first kappa shape index (κ1) is 17.3. The van der Waals surface area contributed by atoms with Crippen LogP contribution in [0.3, 0.4) is 0 Å². The van der Waals surface area contributed by atoms with Gasteiger partial charge in [0.1, 0.15) is 0 Å². The van der Waals surface area contributed by atoms with Gasteiger partial charge in [-0.2, -0.15) is 0 Å². The molecule has 126 valence electrons. The lowest BCUT2D eigenvalue weighted by Crippen LogP contribution is -2.45. The summed E-state index contributed by atoms with van der Waals surface area (Å²) in [7, 11) is 1.62. The highest BCUT2D eigenvalue weighted by atomic mass is 16.6.